The van der Waals surface area contributed by atoms with E-state index in [9.17, 15) is 0 Å². The molecule has 3 rings (SSSR count). The molecule has 0 aliphatic carbocycles. The van der Waals surface area contributed by atoms with Crippen molar-refractivity contribution in [3.63, 3.8) is 0 Å². The number of nitrogens with zero attached hydrogens (tertiary/aromatic N) is 3. The summed E-state index contributed by atoms with van der Waals surface area (Å²) in [6.45, 7) is 3.15. The van der Waals surface area contributed by atoms with E-state index >= 15 is 0 Å². The van der Waals surface area contributed by atoms with Gasteiger partial charge in [-0.25, -0.2) is 0 Å². The third-order valence-corrected chi connectivity index (χ3v) is 3.16. The van der Waals surface area contributed by atoms with Crippen LogP contribution in [0.1, 0.15) is 11.3 Å². The minimum Gasteiger partial charge on any atom is -0.486 e. The van der Waals surface area contributed by atoms with Gasteiger partial charge in [0.25, 0.3) is 0 Å². The Hall–Kier alpha value is -2.48. The van der Waals surface area contributed by atoms with Crippen LogP contribution in [0.2, 0.25) is 0 Å². The fourth-order valence-corrected chi connectivity index (χ4v) is 2.24. The van der Waals surface area contributed by atoms with Crippen LogP contribution < -0.4 is 9.47 Å². The number of ether oxygens (including phenoxy) is 2. The van der Waals surface area contributed by atoms with Crippen molar-refractivity contribution in [1.29, 1.82) is 5.26 Å². The summed E-state index contributed by atoms with van der Waals surface area (Å²) < 4.78 is 12.9. The fourth-order valence-electron chi connectivity index (χ4n) is 2.24. The maximum Gasteiger partial charge on any atom is 0.163 e. The molecular formula is C14H13N3O2. The van der Waals surface area contributed by atoms with Crippen molar-refractivity contribution < 1.29 is 9.47 Å². The second kappa shape index (κ2) is 4.32. The molecule has 0 saturated heterocycles. The molecule has 0 fully saturated rings. The Morgan fingerprint density at radius 2 is 1.89 bits per heavy atom. The molecule has 0 saturated carbocycles. The summed E-state index contributed by atoms with van der Waals surface area (Å²) >= 11 is 0. The van der Waals surface area contributed by atoms with Crippen LogP contribution in [0.15, 0.2) is 18.2 Å². The van der Waals surface area contributed by atoms with Gasteiger partial charge in [0.2, 0.25) is 0 Å². The number of benzene rings is 1. The SMILES string of the molecule is Cc1cc2c(cc1-c1cc(C#N)nn1C)OCCO2. The number of aromatic nitrogens is 2. The lowest BCUT2D eigenvalue weighted by Crippen LogP contribution is -2.15. The first-order valence-electron chi connectivity index (χ1n) is 6.04. The summed E-state index contributed by atoms with van der Waals surface area (Å²) in [6, 6.07) is 7.74. The van der Waals surface area contributed by atoms with Crippen molar-refractivity contribution in [3.8, 4) is 28.8 Å². The Kier molecular flexibility index (Phi) is 2.64. The van der Waals surface area contributed by atoms with Crippen molar-refractivity contribution in [2.75, 3.05) is 13.2 Å². The second-order valence-electron chi connectivity index (χ2n) is 4.46. The predicted octanol–water partition coefficient (Wildman–Crippen LogP) is 2.04. The van der Waals surface area contributed by atoms with Gasteiger partial charge in [-0.3, -0.25) is 4.68 Å². The van der Waals surface area contributed by atoms with Crippen molar-refractivity contribution in [2.24, 2.45) is 7.05 Å². The molecule has 1 aliphatic heterocycles. The van der Waals surface area contributed by atoms with E-state index in [0.717, 1.165) is 28.3 Å². The average Bonchev–Trinajstić information content (AvgIpc) is 2.79. The Labute approximate surface area is 111 Å². The highest BCUT2D eigenvalue weighted by atomic mass is 16.6. The molecule has 2 aromatic rings. The van der Waals surface area contributed by atoms with Crippen LogP contribution in [-0.4, -0.2) is 23.0 Å². The van der Waals surface area contributed by atoms with Gasteiger partial charge in [-0.05, 0) is 24.6 Å². The normalized spacial score (nSPS) is 13.1. The minimum absolute atomic E-state index is 0.409. The van der Waals surface area contributed by atoms with Crippen LogP contribution in [0.4, 0.5) is 0 Å². The molecular weight excluding hydrogens is 242 g/mol. The molecule has 0 radical (unpaired) electrons. The molecule has 0 atom stereocenters. The van der Waals surface area contributed by atoms with E-state index in [0.29, 0.717) is 18.9 Å². The van der Waals surface area contributed by atoms with Gasteiger partial charge >= 0.3 is 0 Å². The van der Waals surface area contributed by atoms with E-state index in [2.05, 4.69) is 11.2 Å². The molecule has 5 heteroatoms. The summed E-state index contributed by atoms with van der Waals surface area (Å²) in [7, 11) is 1.83. The number of rotatable bonds is 1. The van der Waals surface area contributed by atoms with Crippen LogP contribution >= 0.6 is 0 Å². The number of aryl methyl sites for hydroxylation is 2. The lowest BCUT2D eigenvalue weighted by atomic mass is 10.0. The Bertz CT molecular complexity index is 683. The third kappa shape index (κ3) is 1.91. The summed E-state index contributed by atoms with van der Waals surface area (Å²) in [4.78, 5) is 0. The average molecular weight is 255 g/mol. The van der Waals surface area contributed by atoms with Crippen LogP contribution in [0.3, 0.4) is 0 Å². The smallest absolute Gasteiger partial charge is 0.163 e. The molecule has 0 unspecified atom stereocenters. The van der Waals surface area contributed by atoms with Gasteiger partial charge in [-0.1, -0.05) is 0 Å². The van der Waals surface area contributed by atoms with Gasteiger partial charge in [-0.2, -0.15) is 10.4 Å². The first kappa shape index (κ1) is 11.6. The van der Waals surface area contributed by atoms with E-state index in [1.807, 2.05) is 26.1 Å². The molecule has 0 amide bonds. The van der Waals surface area contributed by atoms with Crippen LogP contribution in [0.25, 0.3) is 11.3 Å². The Morgan fingerprint density at radius 3 is 2.53 bits per heavy atom. The molecule has 0 N–H and O–H groups in total. The highest BCUT2D eigenvalue weighted by Crippen LogP contribution is 2.37. The van der Waals surface area contributed by atoms with Gasteiger partial charge < -0.3 is 9.47 Å². The summed E-state index contributed by atoms with van der Waals surface area (Å²) in [5.41, 5.74) is 3.37. The lowest BCUT2D eigenvalue weighted by Gasteiger charge is -2.20. The molecule has 96 valence electrons. The maximum absolute atomic E-state index is 8.91. The van der Waals surface area contributed by atoms with Crippen LogP contribution in [0, 0.1) is 18.3 Å². The van der Waals surface area contributed by atoms with Gasteiger partial charge in [0.1, 0.15) is 19.3 Å². The summed E-state index contributed by atoms with van der Waals surface area (Å²) in [5.74, 6) is 1.52. The second-order valence-corrected chi connectivity index (χ2v) is 4.46. The van der Waals surface area contributed by atoms with Crippen molar-refractivity contribution in [2.45, 2.75) is 6.92 Å². The monoisotopic (exact) mass is 255 g/mol. The Balaban J connectivity index is 2.14. The van der Waals surface area contributed by atoms with E-state index in [4.69, 9.17) is 14.7 Å². The zero-order valence-corrected chi connectivity index (χ0v) is 10.8. The number of hydrogen-bond acceptors (Lipinski definition) is 4. The number of nitriles is 1. The zero-order chi connectivity index (χ0) is 13.4. The standard InChI is InChI=1S/C14H13N3O2/c1-9-5-13-14(19-4-3-18-13)7-11(9)12-6-10(8-15)16-17(12)2/h5-7H,3-4H2,1-2H3. The number of fused-ring (bicyclic) bond motifs is 1. The van der Waals surface area contributed by atoms with Crippen molar-refractivity contribution >= 4 is 0 Å². The highest BCUT2D eigenvalue weighted by molar-refractivity contribution is 5.69. The molecule has 0 spiro atoms. The van der Waals surface area contributed by atoms with Crippen LogP contribution in [0.5, 0.6) is 11.5 Å². The highest BCUT2D eigenvalue weighted by Gasteiger charge is 2.17. The first-order chi connectivity index (χ1) is 9.19. The molecule has 2 heterocycles. The molecule has 5 nitrogen and oxygen atoms in total. The molecule has 19 heavy (non-hydrogen) atoms. The van der Waals surface area contributed by atoms with E-state index < -0.39 is 0 Å². The van der Waals surface area contributed by atoms with Gasteiger partial charge in [-0.15, -0.1) is 0 Å². The first-order valence-corrected chi connectivity index (χ1v) is 6.04. The molecule has 1 aliphatic rings. The van der Waals surface area contributed by atoms with Crippen LogP contribution in [-0.2, 0) is 7.05 Å². The van der Waals surface area contributed by atoms with Gasteiger partial charge in [0.15, 0.2) is 17.2 Å². The molecule has 0 bridgehead atoms. The largest absolute Gasteiger partial charge is 0.486 e. The molecule has 1 aromatic heterocycles. The van der Waals surface area contributed by atoms with Gasteiger partial charge in [0.05, 0.1) is 5.69 Å². The van der Waals surface area contributed by atoms with E-state index in [1.54, 1.807) is 10.7 Å². The van der Waals surface area contributed by atoms with Gasteiger partial charge in [0, 0.05) is 18.7 Å². The van der Waals surface area contributed by atoms with Crippen molar-refractivity contribution in [3.05, 3.63) is 29.5 Å². The fraction of sp³-hybridized carbons (Fsp3) is 0.286. The Morgan fingerprint density at radius 1 is 1.21 bits per heavy atom. The molecule has 1 aromatic carbocycles. The quantitative estimate of drug-likeness (QED) is 0.782. The van der Waals surface area contributed by atoms with E-state index in [1.165, 1.54) is 0 Å². The third-order valence-electron chi connectivity index (χ3n) is 3.16. The summed E-state index contributed by atoms with van der Waals surface area (Å²) in [5, 5.41) is 13.1. The zero-order valence-electron chi connectivity index (χ0n) is 10.8. The lowest BCUT2D eigenvalue weighted by molar-refractivity contribution is 0.171. The maximum atomic E-state index is 8.91. The predicted molar refractivity (Wildman–Crippen MR) is 69.1 cm³/mol. The number of hydrogen-bond donors (Lipinski definition) is 0. The van der Waals surface area contributed by atoms with Crippen molar-refractivity contribution in [1.82, 2.24) is 9.78 Å². The minimum atomic E-state index is 0.409. The topological polar surface area (TPSA) is 60.1 Å². The van der Waals surface area contributed by atoms with E-state index in [-0.39, 0.29) is 0 Å². The summed E-state index contributed by atoms with van der Waals surface area (Å²) in [6.07, 6.45) is 0.